The molecule has 4 heterocycles. The van der Waals surface area contributed by atoms with Crippen molar-refractivity contribution in [2.45, 2.75) is 0 Å². The van der Waals surface area contributed by atoms with E-state index in [1.807, 2.05) is 36.4 Å². The smallest absolute Gasteiger partial charge is 0.162 e. The molecule has 294 valence electrons. The summed E-state index contributed by atoms with van der Waals surface area (Å²) < 4.78 is 11.0. The molecule has 0 unspecified atom stereocenters. The van der Waals surface area contributed by atoms with Crippen molar-refractivity contribution < 1.29 is 4.42 Å². The van der Waals surface area contributed by atoms with E-state index >= 15 is 0 Å². The van der Waals surface area contributed by atoms with Crippen molar-refractivity contribution in [1.29, 1.82) is 0 Å². The molecule has 0 aliphatic rings. The summed E-state index contributed by atoms with van der Waals surface area (Å²) in [5.74, 6) is 1.50. The van der Waals surface area contributed by atoms with Crippen LogP contribution in [-0.4, -0.2) is 19.1 Å². The van der Waals surface area contributed by atoms with E-state index < -0.39 is 0 Å². The zero-order valence-electron chi connectivity index (χ0n) is 34.0. The number of fused-ring (bicyclic) bond motifs is 9. The number of para-hydroxylation sites is 3. The Morgan fingerprint density at radius 2 is 0.889 bits per heavy atom. The van der Waals surface area contributed by atoms with Crippen LogP contribution >= 0.6 is 0 Å². The first-order valence-corrected chi connectivity index (χ1v) is 21.3. The predicted octanol–water partition coefficient (Wildman–Crippen LogP) is 15.2. The molecule has 63 heavy (non-hydrogen) atoms. The van der Waals surface area contributed by atoms with Gasteiger partial charge in [0.2, 0.25) is 0 Å². The number of hydrogen-bond acceptors (Lipinski definition) is 3. The van der Waals surface area contributed by atoms with Crippen molar-refractivity contribution in [2.24, 2.45) is 0 Å². The number of furan rings is 1. The van der Waals surface area contributed by atoms with E-state index in [1.165, 1.54) is 16.2 Å². The Morgan fingerprint density at radius 1 is 0.317 bits per heavy atom. The van der Waals surface area contributed by atoms with Crippen LogP contribution in [-0.2, 0) is 0 Å². The normalized spacial score (nSPS) is 11.8. The van der Waals surface area contributed by atoms with Gasteiger partial charge in [0.1, 0.15) is 17.0 Å². The van der Waals surface area contributed by atoms with E-state index in [4.69, 9.17) is 14.4 Å². The second kappa shape index (κ2) is 14.0. The maximum absolute atomic E-state index is 6.26. The molecular formula is C58H36N4O. The van der Waals surface area contributed by atoms with Crippen molar-refractivity contribution >= 4 is 65.6 Å². The van der Waals surface area contributed by atoms with Crippen molar-refractivity contribution in [3.05, 3.63) is 218 Å². The Bertz CT molecular complexity index is 3840. The molecule has 0 radical (unpaired) electrons. The average Bonchev–Trinajstić information content (AvgIpc) is 4.01. The van der Waals surface area contributed by atoms with E-state index in [2.05, 4.69) is 191 Å². The zero-order chi connectivity index (χ0) is 41.4. The lowest BCUT2D eigenvalue weighted by Crippen LogP contribution is -2.02. The Balaban J connectivity index is 1.07. The summed E-state index contributed by atoms with van der Waals surface area (Å²) in [6.07, 6.45) is 0. The van der Waals surface area contributed by atoms with E-state index in [-0.39, 0.29) is 0 Å². The molecule has 0 fully saturated rings. The maximum atomic E-state index is 6.26. The molecule has 0 spiro atoms. The third kappa shape index (κ3) is 5.64. The minimum Gasteiger partial charge on any atom is -0.456 e. The van der Waals surface area contributed by atoms with Gasteiger partial charge in [0.25, 0.3) is 0 Å². The second-order valence-corrected chi connectivity index (χ2v) is 16.2. The van der Waals surface area contributed by atoms with Gasteiger partial charge in [-0.1, -0.05) is 158 Å². The number of nitrogens with zero attached hydrogens (tertiary/aromatic N) is 4. The van der Waals surface area contributed by atoms with Crippen molar-refractivity contribution in [1.82, 2.24) is 19.1 Å². The summed E-state index contributed by atoms with van der Waals surface area (Å²) in [5, 5.41) is 6.94. The van der Waals surface area contributed by atoms with Crippen LogP contribution < -0.4 is 0 Å². The highest BCUT2D eigenvalue weighted by atomic mass is 16.3. The van der Waals surface area contributed by atoms with Gasteiger partial charge >= 0.3 is 0 Å². The zero-order valence-corrected chi connectivity index (χ0v) is 34.0. The summed E-state index contributed by atoms with van der Waals surface area (Å²) >= 11 is 0. The molecule has 13 rings (SSSR count). The molecule has 0 aliphatic carbocycles. The standard InChI is InChI=1S/C58H36N4O/c1-4-16-37(17-5-1)47-35-54-48(43-23-11-13-25-51(43)61(54)41-29-31-56-49(33-41)45-24-12-15-27-55(45)63-56)34-46(47)40-28-30-44-42-22-10-14-26-52(42)62(53(44)32-40)57-36-50(38-18-6-2-7-19-38)59-58(60-57)39-20-8-3-9-21-39/h1-36H. The van der Waals surface area contributed by atoms with Crippen LogP contribution in [0.2, 0.25) is 0 Å². The molecule has 0 atom stereocenters. The lowest BCUT2D eigenvalue weighted by molar-refractivity contribution is 0.669. The van der Waals surface area contributed by atoms with Gasteiger partial charge in [-0.25, -0.2) is 9.97 Å². The molecule has 5 nitrogen and oxygen atoms in total. The number of aromatic nitrogens is 4. The first kappa shape index (κ1) is 35.2. The summed E-state index contributed by atoms with van der Waals surface area (Å²) in [5.41, 5.74) is 14.8. The number of hydrogen-bond donors (Lipinski definition) is 0. The molecule has 0 bridgehead atoms. The molecule has 0 N–H and O–H groups in total. The highest BCUT2D eigenvalue weighted by Crippen LogP contribution is 2.43. The third-order valence-corrected chi connectivity index (χ3v) is 12.5. The van der Waals surface area contributed by atoms with E-state index in [1.54, 1.807) is 0 Å². The third-order valence-electron chi connectivity index (χ3n) is 12.5. The Hall–Kier alpha value is -8.54. The van der Waals surface area contributed by atoms with Gasteiger partial charge in [-0.15, -0.1) is 0 Å². The molecule has 9 aromatic carbocycles. The highest BCUT2D eigenvalue weighted by molar-refractivity contribution is 6.15. The van der Waals surface area contributed by atoms with Crippen LogP contribution in [0.5, 0.6) is 0 Å². The first-order chi connectivity index (χ1) is 31.2. The van der Waals surface area contributed by atoms with Gasteiger partial charge in [-0.3, -0.25) is 4.57 Å². The van der Waals surface area contributed by atoms with Gasteiger partial charge in [0, 0.05) is 55.2 Å². The Kier molecular flexibility index (Phi) is 7.84. The Labute approximate surface area is 362 Å². The summed E-state index contributed by atoms with van der Waals surface area (Å²) in [6, 6.07) is 77.5. The lowest BCUT2D eigenvalue weighted by Gasteiger charge is -2.15. The molecule has 5 heteroatoms. The van der Waals surface area contributed by atoms with Gasteiger partial charge < -0.3 is 8.98 Å². The minimum atomic E-state index is 0.683. The highest BCUT2D eigenvalue weighted by Gasteiger charge is 2.21. The van der Waals surface area contributed by atoms with Crippen LogP contribution in [0.15, 0.2) is 223 Å². The van der Waals surface area contributed by atoms with Gasteiger partial charge in [-0.2, -0.15) is 0 Å². The fraction of sp³-hybridized carbons (Fsp3) is 0. The van der Waals surface area contributed by atoms with E-state index in [9.17, 15) is 0 Å². The van der Waals surface area contributed by atoms with Crippen LogP contribution in [0.1, 0.15) is 0 Å². The van der Waals surface area contributed by atoms with Crippen molar-refractivity contribution in [2.75, 3.05) is 0 Å². The Morgan fingerprint density at radius 3 is 1.65 bits per heavy atom. The predicted molar refractivity (Wildman–Crippen MR) is 260 cm³/mol. The minimum absolute atomic E-state index is 0.683. The molecule has 13 aromatic rings. The molecule has 0 saturated heterocycles. The van der Waals surface area contributed by atoms with Crippen LogP contribution in [0.3, 0.4) is 0 Å². The quantitative estimate of drug-likeness (QED) is 0.168. The molecule has 4 aromatic heterocycles. The average molecular weight is 805 g/mol. The molecule has 0 amide bonds. The topological polar surface area (TPSA) is 48.8 Å². The van der Waals surface area contributed by atoms with Crippen molar-refractivity contribution in [3.63, 3.8) is 0 Å². The van der Waals surface area contributed by atoms with Gasteiger partial charge in [0.15, 0.2) is 5.82 Å². The molecule has 0 aliphatic heterocycles. The SMILES string of the molecule is c1ccc(-c2cc(-n3c4ccccc4c4ccc(-c5cc6c7ccccc7n(-c7ccc8oc9ccccc9c8c7)c6cc5-c5ccccc5)cc43)nc(-c3ccccc3)n2)cc1. The summed E-state index contributed by atoms with van der Waals surface area (Å²) in [6.45, 7) is 0. The summed E-state index contributed by atoms with van der Waals surface area (Å²) in [7, 11) is 0. The fourth-order valence-corrected chi connectivity index (χ4v) is 9.65. The number of benzene rings is 9. The van der Waals surface area contributed by atoms with Gasteiger partial charge in [-0.05, 0) is 76.9 Å². The van der Waals surface area contributed by atoms with Gasteiger partial charge in [0.05, 0.1) is 27.8 Å². The fourth-order valence-electron chi connectivity index (χ4n) is 9.65. The summed E-state index contributed by atoms with van der Waals surface area (Å²) in [4.78, 5) is 10.4. The van der Waals surface area contributed by atoms with E-state index in [0.29, 0.717) is 5.82 Å². The lowest BCUT2D eigenvalue weighted by atomic mass is 9.92. The van der Waals surface area contributed by atoms with E-state index in [0.717, 1.165) is 100.0 Å². The van der Waals surface area contributed by atoms with Crippen molar-refractivity contribution in [3.8, 4) is 56.4 Å². The van der Waals surface area contributed by atoms with Crippen LogP contribution in [0, 0.1) is 0 Å². The second-order valence-electron chi connectivity index (χ2n) is 16.2. The first-order valence-electron chi connectivity index (χ1n) is 21.3. The molecular weight excluding hydrogens is 769 g/mol. The molecule has 0 saturated carbocycles. The maximum Gasteiger partial charge on any atom is 0.162 e. The van der Waals surface area contributed by atoms with Crippen LogP contribution in [0.25, 0.3) is 122 Å². The monoisotopic (exact) mass is 804 g/mol. The largest absolute Gasteiger partial charge is 0.456 e. The number of rotatable bonds is 6. The van der Waals surface area contributed by atoms with Crippen LogP contribution in [0.4, 0.5) is 0 Å².